The number of fused-ring (bicyclic) bond motifs is 1. The molecule has 1 atom stereocenters. The number of carbonyl (C=O) groups is 1. The van der Waals surface area contributed by atoms with Crippen LogP contribution in [0.15, 0.2) is 34.2 Å². The lowest BCUT2D eigenvalue weighted by Crippen LogP contribution is -2.40. The molecule has 0 spiro atoms. The third kappa shape index (κ3) is 3.32. The number of aromatic nitrogens is 2. The Morgan fingerprint density at radius 3 is 3.09 bits per heavy atom. The molecule has 1 aliphatic rings. The lowest BCUT2D eigenvalue weighted by Gasteiger charge is -2.30. The van der Waals surface area contributed by atoms with Crippen LogP contribution in [0.2, 0.25) is 0 Å². The van der Waals surface area contributed by atoms with Gasteiger partial charge >= 0.3 is 0 Å². The molecule has 116 valence electrons. The van der Waals surface area contributed by atoms with Crippen molar-refractivity contribution in [1.29, 1.82) is 0 Å². The maximum atomic E-state index is 12.3. The number of likely N-dealkylation sites (tertiary alicyclic amines) is 1. The average Bonchev–Trinajstić information content (AvgIpc) is 2.53. The predicted octanol–water partition coefficient (Wildman–Crippen LogP) is 2.27. The van der Waals surface area contributed by atoms with Crippen molar-refractivity contribution >= 4 is 28.6 Å². The fourth-order valence-electron chi connectivity index (χ4n) is 2.77. The SMILES string of the molecule is CC1CCCN(C(=O)CSc2nc3ccccc3c(=O)[nH]2)C1. The van der Waals surface area contributed by atoms with Crippen LogP contribution in [0.3, 0.4) is 0 Å². The molecule has 3 rings (SSSR count). The molecule has 1 N–H and O–H groups in total. The molecule has 1 amide bonds. The topological polar surface area (TPSA) is 66.1 Å². The molecular formula is C16H19N3O2S. The Labute approximate surface area is 133 Å². The first-order valence-corrected chi connectivity index (χ1v) is 8.51. The van der Waals surface area contributed by atoms with Gasteiger partial charge in [0.1, 0.15) is 0 Å². The number of para-hydroxylation sites is 1. The van der Waals surface area contributed by atoms with Crippen LogP contribution in [0, 0.1) is 5.92 Å². The standard InChI is InChI=1S/C16H19N3O2S/c1-11-5-4-8-19(9-11)14(20)10-22-16-17-13-7-3-2-6-12(13)15(21)18-16/h2-3,6-7,11H,4-5,8-10H2,1H3,(H,17,18,21). The Balaban J connectivity index is 1.68. The second-order valence-corrected chi connectivity index (χ2v) is 6.73. The molecule has 1 aromatic heterocycles. The van der Waals surface area contributed by atoms with E-state index in [1.54, 1.807) is 6.07 Å². The molecular weight excluding hydrogens is 298 g/mol. The van der Waals surface area contributed by atoms with E-state index in [9.17, 15) is 9.59 Å². The zero-order valence-corrected chi connectivity index (χ0v) is 13.4. The van der Waals surface area contributed by atoms with E-state index in [1.807, 2.05) is 23.1 Å². The summed E-state index contributed by atoms with van der Waals surface area (Å²) in [5.74, 6) is 1.00. The van der Waals surface area contributed by atoms with Gasteiger partial charge in [0.15, 0.2) is 5.16 Å². The lowest BCUT2D eigenvalue weighted by molar-refractivity contribution is -0.130. The number of carbonyl (C=O) groups excluding carboxylic acids is 1. The number of piperidine rings is 1. The van der Waals surface area contributed by atoms with E-state index in [4.69, 9.17) is 0 Å². The van der Waals surface area contributed by atoms with Crippen molar-refractivity contribution in [2.24, 2.45) is 5.92 Å². The van der Waals surface area contributed by atoms with Crippen LogP contribution >= 0.6 is 11.8 Å². The van der Waals surface area contributed by atoms with E-state index in [1.165, 1.54) is 18.2 Å². The third-order valence-electron chi connectivity index (χ3n) is 3.93. The van der Waals surface area contributed by atoms with Crippen LogP contribution < -0.4 is 5.56 Å². The van der Waals surface area contributed by atoms with Crippen molar-refractivity contribution in [3.8, 4) is 0 Å². The molecule has 22 heavy (non-hydrogen) atoms. The van der Waals surface area contributed by atoms with Crippen molar-refractivity contribution in [2.45, 2.75) is 24.9 Å². The molecule has 2 heterocycles. The van der Waals surface area contributed by atoms with E-state index >= 15 is 0 Å². The van der Waals surface area contributed by atoms with Gasteiger partial charge in [0.25, 0.3) is 5.56 Å². The van der Waals surface area contributed by atoms with E-state index in [2.05, 4.69) is 16.9 Å². The van der Waals surface area contributed by atoms with E-state index in [0.29, 0.717) is 27.7 Å². The van der Waals surface area contributed by atoms with Crippen molar-refractivity contribution in [3.63, 3.8) is 0 Å². The molecule has 2 aromatic rings. The fraction of sp³-hybridized carbons (Fsp3) is 0.438. The summed E-state index contributed by atoms with van der Waals surface area (Å²) < 4.78 is 0. The van der Waals surface area contributed by atoms with E-state index < -0.39 is 0 Å². The second-order valence-electron chi connectivity index (χ2n) is 5.76. The van der Waals surface area contributed by atoms with Gasteiger partial charge in [-0.1, -0.05) is 30.8 Å². The molecule has 1 aromatic carbocycles. The summed E-state index contributed by atoms with van der Waals surface area (Å²) >= 11 is 1.29. The van der Waals surface area contributed by atoms with Crippen LogP contribution in [-0.4, -0.2) is 39.6 Å². The highest BCUT2D eigenvalue weighted by Gasteiger charge is 2.21. The summed E-state index contributed by atoms with van der Waals surface area (Å²) in [6.45, 7) is 3.85. The minimum Gasteiger partial charge on any atom is -0.342 e. The van der Waals surface area contributed by atoms with Gasteiger partial charge in [0.05, 0.1) is 16.7 Å². The van der Waals surface area contributed by atoms with Gasteiger partial charge in [-0.25, -0.2) is 4.98 Å². The number of rotatable bonds is 3. The molecule has 5 nitrogen and oxygen atoms in total. The molecule has 0 saturated carbocycles. The highest BCUT2D eigenvalue weighted by atomic mass is 32.2. The number of hydrogen-bond donors (Lipinski definition) is 1. The van der Waals surface area contributed by atoms with Gasteiger partial charge in [-0.2, -0.15) is 0 Å². The van der Waals surface area contributed by atoms with Crippen LogP contribution in [0.1, 0.15) is 19.8 Å². The van der Waals surface area contributed by atoms with Crippen molar-refractivity contribution < 1.29 is 4.79 Å². The first-order valence-electron chi connectivity index (χ1n) is 7.53. The summed E-state index contributed by atoms with van der Waals surface area (Å²) in [5, 5.41) is 1.07. The first-order chi connectivity index (χ1) is 10.6. The van der Waals surface area contributed by atoms with Crippen LogP contribution in [-0.2, 0) is 4.79 Å². The smallest absolute Gasteiger partial charge is 0.259 e. The maximum absolute atomic E-state index is 12.3. The number of thioether (sulfide) groups is 1. The predicted molar refractivity (Wildman–Crippen MR) is 88.1 cm³/mol. The van der Waals surface area contributed by atoms with Gasteiger partial charge in [0, 0.05) is 13.1 Å². The number of hydrogen-bond acceptors (Lipinski definition) is 4. The second kappa shape index (κ2) is 6.52. The van der Waals surface area contributed by atoms with Crippen molar-refractivity contribution in [1.82, 2.24) is 14.9 Å². The zero-order chi connectivity index (χ0) is 15.5. The third-order valence-corrected chi connectivity index (χ3v) is 4.79. The quantitative estimate of drug-likeness (QED) is 0.696. The number of amides is 1. The number of nitrogens with one attached hydrogen (secondary N) is 1. The lowest BCUT2D eigenvalue weighted by atomic mass is 10.0. The van der Waals surface area contributed by atoms with E-state index in [0.717, 1.165) is 19.5 Å². The summed E-state index contributed by atoms with van der Waals surface area (Å²) in [5.41, 5.74) is 0.500. The Kier molecular flexibility index (Phi) is 4.47. The summed E-state index contributed by atoms with van der Waals surface area (Å²) in [6, 6.07) is 7.22. The summed E-state index contributed by atoms with van der Waals surface area (Å²) in [7, 11) is 0. The highest BCUT2D eigenvalue weighted by molar-refractivity contribution is 7.99. The van der Waals surface area contributed by atoms with Crippen molar-refractivity contribution in [3.05, 3.63) is 34.6 Å². The fourth-order valence-corrected chi connectivity index (χ4v) is 3.54. The Morgan fingerprint density at radius 1 is 1.45 bits per heavy atom. The van der Waals surface area contributed by atoms with Gasteiger partial charge < -0.3 is 9.88 Å². The molecule has 6 heteroatoms. The van der Waals surface area contributed by atoms with Crippen LogP contribution in [0.5, 0.6) is 0 Å². The van der Waals surface area contributed by atoms with Gasteiger partial charge in [-0.05, 0) is 30.9 Å². The number of benzene rings is 1. The largest absolute Gasteiger partial charge is 0.342 e. The Hall–Kier alpha value is -1.82. The van der Waals surface area contributed by atoms with Crippen LogP contribution in [0.25, 0.3) is 10.9 Å². The zero-order valence-electron chi connectivity index (χ0n) is 12.5. The molecule has 1 fully saturated rings. The average molecular weight is 317 g/mol. The van der Waals surface area contributed by atoms with Crippen LogP contribution in [0.4, 0.5) is 0 Å². The summed E-state index contributed by atoms with van der Waals surface area (Å²) in [4.78, 5) is 33.3. The Morgan fingerprint density at radius 2 is 2.27 bits per heavy atom. The minimum absolute atomic E-state index is 0.118. The summed E-state index contributed by atoms with van der Waals surface area (Å²) in [6.07, 6.45) is 2.26. The molecule has 1 saturated heterocycles. The van der Waals surface area contributed by atoms with E-state index in [-0.39, 0.29) is 11.5 Å². The van der Waals surface area contributed by atoms with Gasteiger partial charge in [0.2, 0.25) is 5.91 Å². The minimum atomic E-state index is -0.160. The molecule has 0 aliphatic carbocycles. The molecule has 1 aliphatic heterocycles. The van der Waals surface area contributed by atoms with Crippen molar-refractivity contribution in [2.75, 3.05) is 18.8 Å². The normalized spacial score (nSPS) is 18.6. The maximum Gasteiger partial charge on any atom is 0.259 e. The Bertz CT molecular complexity index is 743. The first kappa shape index (κ1) is 15.1. The molecule has 1 unspecified atom stereocenters. The number of H-pyrrole nitrogens is 1. The highest BCUT2D eigenvalue weighted by Crippen LogP contribution is 2.19. The van der Waals surface area contributed by atoms with Gasteiger partial charge in [-0.3, -0.25) is 9.59 Å². The molecule has 0 radical (unpaired) electrons. The number of aromatic amines is 1. The monoisotopic (exact) mass is 317 g/mol. The number of nitrogens with zero attached hydrogens (tertiary/aromatic N) is 2. The molecule has 0 bridgehead atoms. The van der Waals surface area contributed by atoms with Gasteiger partial charge in [-0.15, -0.1) is 0 Å².